The predicted molar refractivity (Wildman–Crippen MR) is 50.2 cm³/mol. The SMILES string of the molecule is COC(=O)C(CCC#N)(CCC#N)C(F)(F)F. The van der Waals surface area contributed by atoms with Crippen LogP contribution in [0.4, 0.5) is 13.2 Å². The van der Waals surface area contributed by atoms with Crippen molar-refractivity contribution >= 4 is 5.97 Å². The van der Waals surface area contributed by atoms with Crippen molar-refractivity contribution < 1.29 is 22.7 Å². The fourth-order valence-corrected chi connectivity index (χ4v) is 1.46. The molecule has 0 saturated heterocycles. The first-order valence-corrected chi connectivity index (χ1v) is 4.74. The molecule has 0 heterocycles. The van der Waals surface area contributed by atoms with Crippen molar-refractivity contribution in [1.82, 2.24) is 0 Å². The summed E-state index contributed by atoms with van der Waals surface area (Å²) in [5.41, 5.74) is -2.76. The van der Waals surface area contributed by atoms with Crippen LogP contribution in [0.5, 0.6) is 0 Å². The number of carbonyl (C=O) groups excluding carboxylic acids is 1. The fourth-order valence-electron chi connectivity index (χ4n) is 1.46. The van der Waals surface area contributed by atoms with Gasteiger partial charge in [0.15, 0.2) is 5.41 Å². The Kier molecular flexibility index (Phi) is 5.46. The lowest BCUT2D eigenvalue weighted by Gasteiger charge is -2.31. The number of carbonyl (C=O) groups is 1. The molecule has 0 amide bonds. The molecule has 0 spiro atoms. The van der Waals surface area contributed by atoms with E-state index in [0.717, 1.165) is 7.11 Å². The molecule has 0 atom stereocenters. The molecule has 4 nitrogen and oxygen atoms in total. The molecule has 0 saturated carbocycles. The van der Waals surface area contributed by atoms with Gasteiger partial charge in [-0.3, -0.25) is 4.79 Å². The van der Waals surface area contributed by atoms with Crippen molar-refractivity contribution in [3.63, 3.8) is 0 Å². The van der Waals surface area contributed by atoms with Crippen molar-refractivity contribution in [2.24, 2.45) is 5.41 Å². The predicted octanol–water partition coefficient (Wildman–Crippen LogP) is 2.32. The van der Waals surface area contributed by atoms with Crippen LogP contribution in [0, 0.1) is 28.1 Å². The van der Waals surface area contributed by atoms with Gasteiger partial charge in [-0.25, -0.2) is 0 Å². The van der Waals surface area contributed by atoms with Gasteiger partial charge in [0.25, 0.3) is 0 Å². The summed E-state index contributed by atoms with van der Waals surface area (Å²) in [6, 6.07) is 3.12. The summed E-state index contributed by atoms with van der Waals surface area (Å²) in [5.74, 6) is -1.45. The van der Waals surface area contributed by atoms with E-state index in [9.17, 15) is 18.0 Å². The number of alkyl halides is 3. The minimum absolute atomic E-state index is 0.431. The Morgan fingerprint density at radius 1 is 1.18 bits per heavy atom. The normalized spacial score (nSPS) is 11.4. The minimum Gasteiger partial charge on any atom is -0.468 e. The lowest BCUT2D eigenvalue weighted by Crippen LogP contribution is -2.45. The van der Waals surface area contributed by atoms with Crippen molar-refractivity contribution in [3.05, 3.63) is 0 Å². The molecule has 0 aliphatic heterocycles. The number of halogens is 3. The second-order valence-electron chi connectivity index (χ2n) is 3.39. The van der Waals surface area contributed by atoms with E-state index in [2.05, 4.69) is 4.74 Å². The standard InChI is InChI=1S/C10H11F3N2O2/c1-17-8(16)9(4-2-6-14,5-3-7-15)10(11,12)13/h2-5H2,1H3. The Hall–Kier alpha value is -1.76. The number of rotatable bonds is 5. The summed E-state index contributed by atoms with van der Waals surface area (Å²) in [6.45, 7) is 0. The molecular weight excluding hydrogens is 237 g/mol. The highest BCUT2D eigenvalue weighted by Gasteiger charge is 2.60. The van der Waals surface area contributed by atoms with Crippen molar-refractivity contribution in [3.8, 4) is 12.1 Å². The second kappa shape index (κ2) is 6.09. The zero-order valence-corrected chi connectivity index (χ0v) is 9.17. The van der Waals surface area contributed by atoms with Gasteiger partial charge in [0.1, 0.15) is 0 Å². The summed E-state index contributed by atoms with van der Waals surface area (Å²) in [7, 11) is 0.849. The molecule has 0 unspecified atom stereocenters. The smallest absolute Gasteiger partial charge is 0.404 e. The summed E-state index contributed by atoms with van der Waals surface area (Å²) in [5, 5.41) is 16.7. The first kappa shape index (κ1) is 15.2. The molecule has 0 bridgehead atoms. The average Bonchev–Trinajstić information content (AvgIpc) is 2.27. The summed E-state index contributed by atoms with van der Waals surface area (Å²) in [4.78, 5) is 11.3. The first-order chi connectivity index (χ1) is 7.85. The molecule has 0 aromatic heterocycles. The average molecular weight is 248 g/mol. The van der Waals surface area contributed by atoms with E-state index in [-0.39, 0.29) is 0 Å². The Morgan fingerprint density at radius 3 is 1.82 bits per heavy atom. The van der Waals surface area contributed by atoms with Crippen LogP contribution in [0.25, 0.3) is 0 Å². The van der Waals surface area contributed by atoms with Gasteiger partial charge >= 0.3 is 12.1 Å². The molecule has 0 aliphatic rings. The van der Waals surface area contributed by atoms with E-state index in [1.165, 1.54) is 0 Å². The van der Waals surface area contributed by atoms with Gasteiger partial charge in [-0.2, -0.15) is 23.7 Å². The van der Waals surface area contributed by atoms with Crippen LogP contribution in [-0.2, 0) is 9.53 Å². The van der Waals surface area contributed by atoms with Gasteiger partial charge in [0, 0.05) is 12.8 Å². The maximum atomic E-state index is 12.9. The maximum absolute atomic E-state index is 12.9. The molecule has 0 aromatic carbocycles. The van der Waals surface area contributed by atoms with E-state index in [0.29, 0.717) is 0 Å². The highest BCUT2D eigenvalue weighted by Crippen LogP contribution is 2.46. The maximum Gasteiger partial charge on any atom is 0.404 e. The minimum atomic E-state index is -4.84. The number of hydrogen-bond acceptors (Lipinski definition) is 4. The van der Waals surface area contributed by atoms with Gasteiger partial charge in [-0.1, -0.05) is 0 Å². The third-order valence-corrected chi connectivity index (χ3v) is 2.45. The van der Waals surface area contributed by atoms with Crippen LogP contribution in [0.2, 0.25) is 0 Å². The first-order valence-electron chi connectivity index (χ1n) is 4.74. The highest BCUT2D eigenvalue weighted by atomic mass is 19.4. The molecule has 0 aliphatic carbocycles. The zero-order chi connectivity index (χ0) is 13.5. The lowest BCUT2D eigenvalue weighted by molar-refractivity contribution is -0.236. The molecule has 17 heavy (non-hydrogen) atoms. The van der Waals surface area contributed by atoms with Crippen LogP contribution < -0.4 is 0 Å². The van der Waals surface area contributed by atoms with Gasteiger partial charge in [0.2, 0.25) is 0 Å². The van der Waals surface area contributed by atoms with E-state index in [1.807, 2.05) is 0 Å². The summed E-state index contributed by atoms with van der Waals surface area (Å²) < 4.78 is 43.0. The topological polar surface area (TPSA) is 73.9 Å². The Labute approximate surface area is 96.6 Å². The monoisotopic (exact) mass is 248 g/mol. The third-order valence-electron chi connectivity index (χ3n) is 2.45. The van der Waals surface area contributed by atoms with Gasteiger partial charge in [-0.05, 0) is 12.8 Å². The molecule has 0 aromatic rings. The number of nitriles is 2. The van der Waals surface area contributed by atoms with Crippen LogP contribution in [0.1, 0.15) is 25.7 Å². The number of nitrogens with zero attached hydrogens (tertiary/aromatic N) is 2. The van der Waals surface area contributed by atoms with E-state index in [1.54, 1.807) is 12.1 Å². The van der Waals surface area contributed by atoms with E-state index >= 15 is 0 Å². The Bertz CT molecular complexity index is 334. The van der Waals surface area contributed by atoms with E-state index < -0.39 is 43.2 Å². The van der Waals surface area contributed by atoms with Crippen LogP contribution >= 0.6 is 0 Å². The summed E-state index contributed by atoms with van der Waals surface area (Å²) >= 11 is 0. The zero-order valence-electron chi connectivity index (χ0n) is 9.17. The third kappa shape index (κ3) is 3.35. The lowest BCUT2D eigenvalue weighted by atomic mass is 9.78. The number of esters is 1. The second-order valence-corrected chi connectivity index (χ2v) is 3.39. The molecular formula is C10H11F3N2O2. The molecule has 0 N–H and O–H groups in total. The molecule has 0 radical (unpaired) electrons. The molecule has 94 valence electrons. The van der Waals surface area contributed by atoms with Gasteiger partial charge < -0.3 is 4.74 Å². The highest BCUT2D eigenvalue weighted by molar-refractivity contribution is 5.77. The van der Waals surface area contributed by atoms with Crippen molar-refractivity contribution in [1.29, 1.82) is 10.5 Å². The largest absolute Gasteiger partial charge is 0.468 e. The quantitative estimate of drug-likeness (QED) is 0.700. The summed E-state index contributed by atoms with van der Waals surface area (Å²) in [6.07, 6.45) is -7.09. The fraction of sp³-hybridized carbons (Fsp3) is 0.700. The van der Waals surface area contributed by atoms with E-state index in [4.69, 9.17) is 10.5 Å². The van der Waals surface area contributed by atoms with Crippen LogP contribution in [0.15, 0.2) is 0 Å². The molecule has 0 rings (SSSR count). The number of methoxy groups -OCH3 is 1. The van der Waals surface area contributed by atoms with Crippen LogP contribution in [-0.4, -0.2) is 19.3 Å². The van der Waals surface area contributed by atoms with Gasteiger partial charge in [-0.15, -0.1) is 0 Å². The Morgan fingerprint density at radius 2 is 1.59 bits per heavy atom. The Balaban J connectivity index is 5.31. The molecule has 0 fully saturated rings. The van der Waals surface area contributed by atoms with Crippen molar-refractivity contribution in [2.75, 3.05) is 7.11 Å². The van der Waals surface area contributed by atoms with Gasteiger partial charge in [0.05, 0.1) is 19.2 Å². The van der Waals surface area contributed by atoms with Crippen LogP contribution in [0.3, 0.4) is 0 Å². The number of hydrogen-bond donors (Lipinski definition) is 0. The number of ether oxygens (including phenoxy) is 1. The molecule has 7 heteroatoms. The van der Waals surface area contributed by atoms with Crippen molar-refractivity contribution in [2.45, 2.75) is 31.9 Å².